The van der Waals surface area contributed by atoms with E-state index in [4.69, 9.17) is 15.1 Å². The number of thioether (sulfide) groups is 1. The molecule has 3 rings (SSSR count). The summed E-state index contributed by atoms with van der Waals surface area (Å²) >= 11 is 1.45. The average molecular weight is 394 g/mol. The fourth-order valence-corrected chi connectivity index (χ4v) is 4.51. The number of carboxylic acid groups (broad SMARTS) is 1. The molecule has 0 aromatic heterocycles. The molecule has 2 aliphatic rings. The van der Waals surface area contributed by atoms with Crippen molar-refractivity contribution in [3.8, 4) is 11.5 Å². The minimum absolute atomic E-state index is 0.0621. The number of nitrogens with two attached hydrogens (primary N) is 1. The molecule has 0 aliphatic carbocycles. The van der Waals surface area contributed by atoms with Crippen molar-refractivity contribution in [2.45, 2.75) is 30.5 Å². The standard InChI is InChI=1S/C17H23BN2O6S/c1-25-12-3-2-10-8-13(18(24)26-16(10)15(12)17(22)23)27-7-5-14(21)20-6-4-11(19)9-20/h2-3,11,13,24H,4-9,19H2,1H3,(H,22,23)/t11?,13-/m0/s1. The predicted molar refractivity (Wildman–Crippen MR) is 102 cm³/mol. The predicted octanol–water partition coefficient (Wildman–Crippen LogP) is 0.400. The number of ether oxygens (including phenoxy) is 1. The van der Waals surface area contributed by atoms with Gasteiger partial charge in [-0.15, -0.1) is 0 Å². The molecular formula is C17H23BN2O6S. The second kappa shape index (κ2) is 8.41. The number of nitrogens with zero attached hydrogens (tertiary/aromatic N) is 1. The van der Waals surface area contributed by atoms with Crippen LogP contribution in [0, 0.1) is 0 Å². The lowest BCUT2D eigenvalue weighted by Gasteiger charge is -2.28. The van der Waals surface area contributed by atoms with Gasteiger partial charge in [-0.25, -0.2) is 4.79 Å². The molecule has 1 fully saturated rings. The van der Waals surface area contributed by atoms with Gasteiger partial charge in [0.1, 0.15) is 17.1 Å². The molecule has 0 spiro atoms. The Kier molecular flexibility index (Phi) is 6.18. The first-order chi connectivity index (χ1) is 12.9. The molecule has 2 atom stereocenters. The molecule has 27 heavy (non-hydrogen) atoms. The van der Waals surface area contributed by atoms with E-state index < -0.39 is 13.1 Å². The minimum atomic E-state index is -1.17. The zero-order valence-corrected chi connectivity index (χ0v) is 15.9. The van der Waals surface area contributed by atoms with Gasteiger partial charge in [0.05, 0.1) is 12.3 Å². The van der Waals surface area contributed by atoms with Crippen molar-refractivity contribution in [3.63, 3.8) is 0 Å². The van der Waals surface area contributed by atoms with Gasteiger partial charge in [0.25, 0.3) is 0 Å². The maximum absolute atomic E-state index is 12.2. The van der Waals surface area contributed by atoms with Gasteiger partial charge in [-0.05, 0) is 24.5 Å². The normalized spacial score (nSPS) is 21.6. The van der Waals surface area contributed by atoms with Crippen molar-refractivity contribution in [3.05, 3.63) is 23.3 Å². The van der Waals surface area contributed by atoms with E-state index in [2.05, 4.69) is 0 Å². The van der Waals surface area contributed by atoms with Gasteiger partial charge >= 0.3 is 13.1 Å². The van der Waals surface area contributed by atoms with Gasteiger partial charge < -0.3 is 30.2 Å². The number of rotatable bonds is 6. The average Bonchev–Trinajstić information content (AvgIpc) is 3.07. The highest BCUT2D eigenvalue weighted by Gasteiger charge is 2.38. The highest BCUT2D eigenvalue weighted by atomic mass is 32.2. The highest BCUT2D eigenvalue weighted by Crippen LogP contribution is 2.38. The van der Waals surface area contributed by atoms with Crippen molar-refractivity contribution in [2.75, 3.05) is 26.0 Å². The topological polar surface area (TPSA) is 122 Å². The molecule has 0 radical (unpaired) electrons. The number of hydrogen-bond acceptors (Lipinski definition) is 7. The van der Waals surface area contributed by atoms with Crippen molar-refractivity contribution in [1.29, 1.82) is 0 Å². The summed E-state index contributed by atoms with van der Waals surface area (Å²) in [5.74, 6) is -0.217. The Bertz CT molecular complexity index is 734. The van der Waals surface area contributed by atoms with E-state index in [1.807, 2.05) is 0 Å². The Hall–Kier alpha value is -1.91. The molecule has 0 bridgehead atoms. The maximum Gasteiger partial charge on any atom is 0.536 e. The molecular weight excluding hydrogens is 371 g/mol. The lowest BCUT2D eigenvalue weighted by Crippen LogP contribution is -2.41. The zero-order valence-electron chi connectivity index (χ0n) is 15.1. The summed E-state index contributed by atoms with van der Waals surface area (Å²) in [7, 11) is 0.235. The molecule has 1 aromatic carbocycles. The molecule has 146 valence electrons. The first-order valence-corrected chi connectivity index (χ1v) is 9.88. The SMILES string of the molecule is COc1ccc2c(c1C(=O)O)OB(O)[C@@H](SCCC(=O)N1CCC(N)C1)C2. The number of carbonyl (C=O) groups is 2. The Morgan fingerprint density at radius 2 is 2.26 bits per heavy atom. The van der Waals surface area contributed by atoms with Crippen LogP contribution < -0.4 is 15.1 Å². The Morgan fingerprint density at radius 1 is 1.48 bits per heavy atom. The molecule has 1 saturated heterocycles. The Morgan fingerprint density at radius 3 is 2.89 bits per heavy atom. The molecule has 1 amide bonds. The van der Waals surface area contributed by atoms with Crippen molar-refractivity contribution >= 4 is 30.8 Å². The number of likely N-dealkylation sites (tertiary alicyclic amines) is 1. The molecule has 2 aliphatic heterocycles. The van der Waals surface area contributed by atoms with Crippen LogP contribution in [0.4, 0.5) is 0 Å². The maximum atomic E-state index is 12.2. The van der Waals surface area contributed by atoms with Gasteiger partial charge in [-0.3, -0.25) is 4.79 Å². The number of aromatic carboxylic acids is 1. The van der Waals surface area contributed by atoms with Crippen LogP contribution in [-0.4, -0.2) is 71.2 Å². The van der Waals surface area contributed by atoms with Crippen LogP contribution in [0.25, 0.3) is 0 Å². The summed E-state index contributed by atoms with van der Waals surface area (Å²) in [5, 5.41) is 19.5. The summed E-state index contributed by atoms with van der Waals surface area (Å²) in [6, 6.07) is 3.40. The highest BCUT2D eigenvalue weighted by molar-refractivity contribution is 8.01. The van der Waals surface area contributed by atoms with E-state index in [1.54, 1.807) is 17.0 Å². The fraction of sp³-hybridized carbons (Fsp3) is 0.529. The number of fused-ring (bicyclic) bond motifs is 1. The van der Waals surface area contributed by atoms with Crippen molar-refractivity contribution in [2.24, 2.45) is 5.73 Å². The molecule has 8 nitrogen and oxygen atoms in total. The first-order valence-electron chi connectivity index (χ1n) is 8.83. The quantitative estimate of drug-likeness (QED) is 0.593. The van der Waals surface area contributed by atoms with Crippen LogP contribution in [-0.2, 0) is 11.2 Å². The lowest BCUT2D eigenvalue weighted by molar-refractivity contribution is -0.129. The molecule has 1 aromatic rings. The van der Waals surface area contributed by atoms with E-state index >= 15 is 0 Å². The zero-order chi connectivity index (χ0) is 19.6. The number of hydrogen-bond donors (Lipinski definition) is 3. The largest absolute Gasteiger partial charge is 0.536 e. The van der Waals surface area contributed by atoms with Crippen LogP contribution >= 0.6 is 11.8 Å². The Balaban J connectivity index is 1.61. The summed E-state index contributed by atoms with van der Waals surface area (Å²) in [4.78, 5) is 25.5. The fourth-order valence-electron chi connectivity index (χ4n) is 3.40. The number of carboxylic acids is 1. The van der Waals surface area contributed by atoms with Gasteiger partial charge in [-0.2, -0.15) is 11.8 Å². The number of methoxy groups -OCH3 is 1. The molecule has 2 heterocycles. The summed E-state index contributed by atoms with van der Waals surface area (Å²) in [6.07, 6.45) is 1.66. The van der Waals surface area contributed by atoms with E-state index in [9.17, 15) is 19.7 Å². The van der Waals surface area contributed by atoms with Gasteiger partial charge in [0, 0.05) is 31.3 Å². The third-order valence-electron chi connectivity index (χ3n) is 4.84. The lowest BCUT2D eigenvalue weighted by atomic mass is 9.77. The summed E-state index contributed by atoms with van der Waals surface area (Å²) in [6.45, 7) is 1.30. The molecule has 0 saturated carbocycles. The van der Waals surface area contributed by atoms with Crippen LogP contribution in [0.3, 0.4) is 0 Å². The summed E-state index contributed by atoms with van der Waals surface area (Å²) < 4.78 is 10.6. The number of amides is 1. The van der Waals surface area contributed by atoms with Gasteiger partial charge in [0.15, 0.2) is 0 Å². The van der Waals surface area contributed by atoms with E-state index in [0.717, 1.165) is 6.42 Å². The Labute approximate surface area is 162 Å². The monoisotopic (exact) mass is 394 g/mol. The van der Waals surface area contributed by atoms with Crippen molar-refractivity contribution < 1.29 is 29.1 Å². The van der Waals surface area contributed by atoms with Gasteiger partial charge in [-0.1, -0.05) is 6.07 Å². The molecule has 4 N–H and O–H groups in total. The first kappa shape index (κ1) is 19.8. The molecule has 10 heteroatoms. The third kappa shape index (κ3) is 4.33. The second-order valence-electron chi connectivity index (χ2n) is 6.70. The van der Waals surface area contributed by atoms with Crippen molar-refractivity contribution in [1.82, 2.24) is 4.90 Å². The minimum Gasteiger partial charge on any atom is -0.534 e. The number of carbonyl (C=O) groups excluding carboxylic acids is 1. The molecule has 1 unspecified atom stereocenters. The van der Waals surface area contributed by atoms with E-state index in [1.165, 1.54) is 18.9 Å². The van der Waals surface area contributed by atoms with Crippen LogP contribution in [0.2, 0.25) is 0 Å². The number of benzene rings is 1. The van der Waals surface area contributed by atoms with E-state index in [0.29, 0.717) is 37.2 Å². The van der Waals surface area contributed by atoms with Crippen LogP contribution in [0.15, 0.2) is 12.1 Å². The third-order valence-corrected chi connectivity index (χ3v) is 6.11. The van der Waals surface area contributed by atoms with Gasteiger partial charge in [0.2, 0.25) is 5.91 Å². The smallest absolute Gasteiger partial charge is 0.534 e. The summed E-state index contributed by atoms with van der Waals surface area (Å²) in [5.41, 5.74) is 6.44. The second-order valence-corrected chi connectivity index (χ2v) is 8.04. The van der Waals surface area contributed by atoms with Crippen LogP contribution in [0.1, 0.15) is 28.8 Å². The van der Waals surface area contributed by atoms with Crippen LogP contribution in [0.5, 0.6) is 11.5 Å². The van der Waals surface area contributed by atoms with E-state index in [-0.39, 0.29) is 34.2 Å².